The van der Waals surface area contributed by atoms with Gasteiger partial charge < -0.3 is 0 Å². The van der Waals surface area contributed by atoms with Gasteiger partial charge in [0.05, 0.1) is 0 Å². The van der Waals surface area contributed by atoms with Crippen molar-refractivity contribution in [3.05, 3.63) is 35.4 Å². The summed E-state index contributed by atoms with van der Waals surface area (Å²) in [6.45, 7) is 4.29. The smallest absolute Gasteiger partial charge is 0.227 e. The highest BCUT2D eigenvalue weighted by atomic mass is 16.2. The van der Waals surface area contributed by atoms with E-state index in [0.717, 1.165) is 5.56 Å². The van der Waals surface area contributed by atoms with Gasteiger partial charge in [-0.05, 0) is 17.0 Å². The second-order valence-corrected chi connectivity index (χ2v) is 4.90. The highest BCUT2D eigenvalue weighted by molar-refractivity contribution is 5.98. The van der Waals surface area contributed by atoms with Crippen molar-refractivity contribution < 1.29 is 9.59 Å². The molecule has 3 heteroatoms. The first-order chi connectivity index (χ1) is 8.06. The highest BCUT2D eigenvalue weighted by Crippen LogP contribution is 2.27. The fraction of sp³-hybridized carbons (Fsp3) is 0.429. The molecule has 1 fully saturated rings. The normalized spacial score (nSPS) is 17.4. The first-order valence-corrected chi connectivity index (χ1v) is 5.99. The minimum absolute atomic E-state index is 0.0393. The largest absolute Gasteiger partial charge is 0.296 e. The summed E-state index contributed by atoms with van der Waals surface area (Å²) in [6.07, 6.45) is 0.819. The third kappa shape index (κ3) is 2.73. The lowest BCUT2D eigenvalue weighted by Crippen LogP contribution is -2.37. The first-order valence-electron chi connectivity index (χ1n) is 5.99. The Morgan fingerprint density at radius 3 is 2.06 bits per heavy atom. The molecular formula is C14H17NO2. The molecule has 0 unspecified atom stereocenters. The zero-order chi connectivity index (χ0) is 12.4. The molecule has 17 heavy (non-hydrogen) atoms. The summed E-state index contributed by atoms with van der Waals surface area (Å²) in [6, 6.07) is 8.23. The van der Waals surface area contributed by atoms with E-state index in [1.54, 1.807) is 0 Å². The van der Waals surface area contributed by atoms with Crippen LogP contribution >= 0.6 is 0 Å². The van der Waals surface area contributed by atoms with Crippen LogP contribution in [0.15, 0.2) is 24.3 Å². The summed E-state index contributed by atoms with van der Waals surface area (Å²) in [7, 11) is 0. The molecule has 0 atom stereocenters. The second kappa shape index (κ2) is 4.70. The van der Waals surface area contributed by atoms with Crippen molar-refractivity contribution in [2.24, 2.45) is 0 Å². The van der Waals surface area contributed by atoms with Gasteiger partial charge in [0.2, 0.25) is 11.8 Å². The molecule has 1 aromatic rings. The lowest BCUT2D eigenvalue weighted by Gasteiger charge is -2.21. The van der Waals surface area contributed by atoms with E-state index in [0.29, 0.717) is 18.8 Å². The monoisotopic (exact) mass is 231 g/mol. The summed E-state index contributed by atoms with van der Waals surface area (Å²) in [4.78, 5) is 22.6. The zero-order valence-electron chi connectivity index (χ0n) is 10.2. The summed E-state index contributed by atoms with van der Waals surface area (Å²) < 4.78 is 0. The van der Waals surface area contributed by atoms with Crippen LogP contribution in [-0.4, -0.2) is 11.8 Å². The van der Waals surface area contributed by atoms with Gasteiger partial charge in [-0.3, -0.25) is 14.9 Å². The molecule has 1 heterocycles. The van der Waals surface area contributed by atoms with Gasteiger partial charge in [0.15, 0.2) is 0 Å². The molecule has 2 rings (SSSR count). The van der Waals surface area contributed by atoms with Crippen LogP contribution in [0.1, 0.15) is 49.7 Å². The predicted octanol–water partition coefficient (Wildman–Crippen LogP) is 2.33. The molecule has 0 saturated carbocycles. The fourth-order valence-electron chi connectivity index (χ4n) is 2.17. The third-order valence-corrected chi connectivity index (χ3v) is 3.22. The van der Waals surface area contributed by atoms with Crippen LogP contribution in [0.4, 0.5) is 0 Å². The molecule has 1 aromatic carbocycles. The Bertz CT molecular complexity index is 418. The number of rotatable bonds is 2. The van der Waals surface area contributed by atoms with Gasteiger partial charge in [-0.15, -0.1) is 0 Å². The van der Waals surface area contributed by atoms with Crippen LogP contribution in [0.2, 0.25) is 0 Å². The average molecular weight is 231 g/mol. The van der Waals surface area contributed by atoms with Gasteiger partial charge in [0.25, 0.3) is 0 Å². The van der Waals surface area contributed by atoms with E-state index in [1.807, 2.05) is 12.1 Å². The van der Waals surface area contributed by atoms with E-state index in [-0.39, 0.29) is 17.7 Å². The molecule has 1 saturated heterocycles. The maximum atomic E-state index is 11.3. The van der Waals surface area contributed by atoms with Gasteiger partial charge in [0.1, 0.15) is 0 Å². The molecule has 0 aromatic heterocycles. The van der Waals surface area contributed by atoms with Crippen molar-refractivity contribution in [1.82, 2.24) is 5.32 Å². The van der Waals surface area contributed by atoms with Crippen LogP contribution in [0.5, 0.6) is 0 Å². The molecule has 0 bridgehead atoms. The maximum Gasteiger partial charge on any atom is 0.227 e. The number of carbonyl (C=O) groups is 2. The SMILES string of the molecule is CC(C)c1ccc(C2CC(=O)NC(=O)C2)cc1. The molecule has 1 N–H and O–H groups in total. The molecule has 0 radical (unpaired) electrons. The highest BCUT2D eigenvalue weighted by Gasteiger charge is 2.25. The molecule has 90 valence electrons. The number of hydrogen-bond donors (Lipinski definition) is 1. The molecule has 0 aliphatic carbocycles. The van der Waals surface area contributed by atoms with E-state index in [1.165, 1.54) is 5.56 Å². The minimum atomic E-state index is -0.167. The zero-order valence-corrected chi connectivity index (χ0v) is 10.2. The van der Waals surface area contributed by atoms with Crippen molar-refractivity contribution in [2.45, 2.75) is 38.5 Å². The second-order valence-electron chi connectivity index (χ2n) is 4.90. The third-order valence-electron chi connectivity index (χ3n) is 3.22. The number of benzene rings is 1. The Labute approximate surface area is 101 Å². The number of piperidine rings is 1. The minimum Gasteiger partial charge on any atom is -0.296 e. The van der Waals surface area contributed by atoms with Gasteiger partial charge in [0, 0.05) is 18.8 Å². The van der Waals surface area contributed by atoms with Crippen LogP contribution in [0.3, 0.4) is 0 Å². The average Bonchev–Trinajstić information content (AvgIpc) is 2.28. The molecule has 1 aliphatic rings. The first kappa shape index (κ1) is 11.8. The van der Waals surface area contributed by atoms with Crippen LogP contribution in [0.25, 0.3) is 0 Å². The van der Waals surface area contributed by atoms with Crippen molar-refractivity contribution in [2.75, 3.05) is 0 Å². The quantitative estimate of drug-likeness (QED) is 0.794. The van der Waals surface area contributed by atoms with E-state index in [2.05, 4.69) is 31.3 Å². The standard InChI is InChI=1S/C14H17NO2/c1-9(2)10-3-5-11(6-4-10)12-7-13(16)15-14(17)8-12/h3-6,9,12H,7-8H2,1-2H3,(H,15,16,17). The molecule has 0 spiro atoms. The lowest BCUT2D eigenvalue weighted by molar-refractivity contribution is -0.133. The topological polar surface area (TPSA) is 46.2 Å². The lowest BCUT2D eigenvalue weighted by atomic mass is 9.88. The van der Waals surface area contributed by atoms with E-state index >= 15 is 0 Å². The van der Waals surface area contributed by atoms with Crippen molar-refractivity contribution in [3.8, 4) is 0 Å². The predicted molar refractivity (Wildman–Crippen MR) is 65.7 cm³/mol. The number of amides is 2. The number of hydrogen-bond acceptors (Lipinski definition) is 2. The van der Waals surface area contributed by atoms with Gasteiger partial charge in [-0.1, -0.05) is 38.1 Å². The Morgan fingerprint density at radius 1 is 1.06 bits per heavy atom. The van der Waals surface area contributed by atoms with Crippen LogP contribution in [0, 0.1) is 0 Å². The fourth-order valence-corrected chi connectivity index (χ4v) is 2.17. The van der Waals surface area contributed by atoms with Crippen LogP contribution < -0.4 is 5.32 Å². The van der Waals surface area contributed by atoms with Gasteiger partial charge >= 0.3 is 0 Å². The summed E-state index contributed by atoms with van der Waals surface area (Å²) >= 11 is 0. The summed E-state index contributed by atoms with van der Waals surface area (Å²) in [5.74, 6) is 0.205. The van der Waals surface area contributed by atoms with Gasteiger partial charge in [-0.2, -0.15) is 0 Å². The summed E-state index contributed by atoms with van der Waals surface area (Å²) in [5.41, 5.74) is 2.36. The van der Waals surface area contributed by atoms with E-state index in [9.17, 15) is 9.59 Å². The molecule has 1 aliphatic heterocycles. The number of nitrogens with one attached hydrogen (secondary N) is 1. The molecule has 2 amide bonds. The Kier molecular flexibility index (Phi) is 3.27. The molecule has 3 nitrogen and oxygen atoms in total. The maximum absolute atomic E-state index is 11.3. The van der Waals surface area contributed by atoms with Crippen LogP contribution in [-0.2, 0) is 9.59 Å². The number of imide groups is 1. The number of carbonyl (C=O) groups excluding carboxylic acids is 2. The van der Waals surface area contributed by atoms with Gasteiger partial charge in [-0.25, -0.2) is 0 Å². The van der Waals surface area contributed by atoms with E-state index in [4.69, 9.17) is 0 Å². The Balaban J connectivity index is 2.16. The Morgan fingerprint density at radius 2 is 1.59 bits per heavy atom. The van der Waals surface area contributed by atoms with E-state index < -0.39 is 0 Å². The Hall–Kier alpha value is -1.64. The van der Waals surface area contributed by atoms with Crippen molar-refractivity contribution in [3.63, 3.8) is 0 Å². The summed E-state index contributed by atoms with van der Waals surface area (Å²) in [5, 5.41) is 2.33. The van der Waals surface area contributed by atoms with Crippen molar-refractivity contribution >= 4 is 11.8 Å². The molecular weight excluding hydrogens is 214 g/mol. The van der Waals surface area contributed by atoms with Crippen molar-refractivity contribution in [1.29, 1.82) is 0 Å².